The predicted molar refractivity (Wildman–Crippen MR) is 76.3 cm³/mol. The number of rotatable bonds is 3. The zero-order valence-electron chi connectivity index (χ0n) is 11.2. The summed E-state index contributed by atoms with van der Waals surface area (Å²) in [6.07, 6.45) is 0. The fourth-order valence-corrected chi connectivity index (χ4v) is 2.62. The molecule has 3 amide bonds. The highest BCUT2D eigenvalue weighted by atomic mass is 16.3. The summed E-state index contributed by atoms with van der Waals surface area (Å²) in [6.45, 7) is -0.131. The van der Waals surface area contributed by atoms with E-state index >= 15 is 0 Å². The topological polar surface area (TPSA) is 78.4 Å². The molecule has 1 aliphatic rings. The minimum Gasteiger partial charge on any atom is -0.392 e. The van der Waals surface area contributed by atoms with Crippen molar-refractivity contribution in [1.82, 2.24) is 10.6 Å². The number of imide groups is 1. The Morgan fingerprint density at radius 1 is 0.952 bits per heavy atom. The molecule has 21 heavy (non-hydrogen) atoms. The smallest absolute Gasteiger partial charge is 0.322 e. The Morgan fingerprint density at radius 2 is 1.67 bits per heavy atom. The van der Waals surface area contributed by atoms with Gasteiger partial charge in [-0.2, -0.15) is 0 Å². The Labute approximate surface area is 121 Å². The molecule has 3 N–H and O–H groups in total. The van der Waals surface area contributed by atoms with E-state index in [9.17, 15) is 14.7 Å². The molecule has 0 bridgehead atoms. The van der Waals surface area contributed by atoms with Crippen LogP contribution >= 0.6 is 0 Å². The lowest BCUT2D eigenvalue weighted by molar-refractivity contribution is -0.122. The number of carbonyl (C=O) groups is 2. The van der Waals surface area contributed by atoms with Crippen molar-refractivity contribution in [2.24, 2.45) is 0 Å². The number of amides is 3. The van der Waals surface area contributed by atoms with Crippen LogP contribution in [0.2, 0.25) is 0 Å². The average molecular weight is 282 g/mol. The molecule has 106 valence electrons. The fourth-order valence-electron chi connectivity index (χ4n) is 2.62. The first kappa shape index (κ1) is 13.3. The lowest BCUT2D eigenvalue weighted by Gasteiger charge is -2.27. The zero-order valence-corrected chi connectivity index (χ0v) is 11.2. The number of aliphatic hydroxyl groups excluding tert-OH is 1. The number of benzene rings is 2. The van der Waals surface area contributed by atoms with Gasteiger partial charge in [-0.05, 0) is 16.7 Å². The van der Waals surface area contributed by atoms with Gasteiger partial charge in [0.25, 0.3) is 5.91 Å². The minimum atomic E-state index is -1.26. The second kappa shape index (κ2) is 5.03. The fraction of sp³-hybridized carbons (Fsp3) is 0.125. The normalized spacial score (nSPS) is 21.0. The van der Waals surface area contributed by atoms with Crippen molar-refractivity contribution in [2.45, 2.75) is 12.1 Å². The molecule has 0 aliphatic carbocycles. The molecule has 5 heteroatoms. The Morgan fingerprint density at radius 3 is 2.29 bits per heavy atom. The van der Waals surface area contributed by atoms with Crippen LogP contribution in [0.1, 0.15) is 16.7 Å². The molecular formula is C16H14N2O3. The standard InChI is InChI=1S/C16H14N2O3/c19-10-11-5-4-8-13(9-11)16(12-6-2-1-3-7-12)14(20)17-15(21)18-16/h1-9,19H,10H2,(H2,17,18,20,21). The van der Waals surface area contributed by atoms with Crippen molar-refractivity contribution >= 4 is 11.9 Å². The maximum Gasteiger partial charge on any atom is 0.322 e. The van der Waals surface area contributed by atoms with Crippen LogP contribution in [0.25, 0.3) is 0 Å². The second-order valence-electron chi connectivity index (χ2n) is 4.88. The number of hydrogen-bond donors (Lipinski definition) is 3. The Bertz CT molecular complexity index is 700. The molecule has 2 aromatic carbocycles. The highest BCUT2D eigenvalue weighted by Crippen LogP contribution is 2.33. The molecule has 1 aliphatic heterocycles. The summed E-state index contributed by atoms with van der Waals surface area (Å²) in [7, 11) is 0. The lowest BCUT2D eigenvalue weighted by Crippen LogP contribution is -2.44. The first-order valence-electron chi connectivity index (χ1n) is 6.56. The first-order chi connectivity index (χ1) is 10.2. The first-order valence-corrected chi connectivity index (χ1v) is 6.56. The van der Waals surface area contributed by atoms with E-state index in [2.05, 4.69) is 10.6 Å². The molecular weight excluding hydrogens is 268 g/mol. The maximum absolute atomic E-state index is 12.5. The van der Waals surface area contributed by atoms with Crippen molar-refractivity contribution in [3.05, 3.63) is 71.3 Å². The summed E-state index contributed by atoms with van der Waals surface area (Å²) in [4.78, 5) is 24.1. The average Bonchev–Trinajstić information content (AvgIpc) is 2.84. The summed E-state index contributed by atoms with van der Waals surface area (Å²) in [5.74, 6) is -0.422. The van der Waals surface area contributed by atoms with E-state index < -0.39 is 17.5 Å². The number of urea groups is 1. The van der Waals surface area contributed by atoms with Crippen LogP contribution in [0.5, 0.6) is 0 Å². The summed E-state index contributed by atoms with van der Waals surface area (Å²) in [6, 6.07) is 15.5. The molecule has 3 rings (SSSR count). The summed E-state index contributed by atoms with van der Waals surface area (Å²) >= 11 is 0. The van der Waals surface area contributed by atoms with Crippen LogP contribution in [0.3, 0.4) is 0 Å². The molecule has 2 aromatic rings. The van der Waals surface area contributed by atoms with Crippen molar-refractivity contribution in [3.8, 4) is 0 Å². The largest absolute Gasteiger partial charge is 0.392 e. The van der Waals surface area contributed by atoms with E-state index in [1.807, 2.05) is 18.2 Å². The van der Waals surface area contributed by atoms with Gasteiger partial charge in [-0.3, -0.25) is 10.1 Å². The van der Waals surface area contributed by atoms with Gasteiger partial charge in [0.2, 0.25) is 0 Å². The van der Waals surface area contributed by atoms with Gasteiger partial charge in [-0.1, -0.05) is 54.6 Å². The van der Waals surface area contributed by atoms with Crippen LogP contribution in [0.4, 0.5) is 4.79 Å². The van der Waals surface area contributed by atoms with Crippen molar-refractivity contribution < 1.29 is 14.7 Å². The van der Waals surface area contributed by atoms with Crippen molar-refractivity contribution in [1.29, 1.82) is 0 Å². The molecule has 1 atom stereocenters. The van der Waals surface area contributed by atoms with Gasteiger partial charge >= 0.3 is 6.03 Å². The molecule has 0 radical (unpaired) electrons. The SMILES string of the molecule is O=C1NC(=O)C(c2ccccc2)(c2cccc(CO)c2)N1. The predicted octanol–water partition coefficient (Wildman–Crippen LogP) is 1.26. The summed E-state index contributed by atoms with van der Waals surface area (Å²) in [5, 5.41) is 14.3. The van der Waals surface area contributed by atoms with Crippen LogP contribution in [0, 0.1) is 0 Å². The van der Waals surface area contributed by atoms with Gasteiger partial charge in [0, 0.05) is 0 Å². The molecule has 1 heterocycles. The number of aliphatic hydroxyl groups is 1. The monoisotopic (exact) mass is 282 g/mol. The molecule has 0 saturated carbocycles. The van der Waals surface area contributed by atoms with Crippen LogP contribution in [-0.2, 0) is 16.9 Å². The van der Waals surface area contributed by atoms with E-state index in [1.54, 1.807) is 36.4 Å². The third-order valence-electron chi connectivity index (χ3n) is 3.62. The van der Waals surface area contributed by atoms with Gasteiger partial charge < -0.3 is 10.4 Å². The Balaban J connectivity index is 2.22. The molecule has 1 unspecified atom stereocenters. The van der Waals surface area contributed by atoms with Crippen LogP contribution < -0.4 is 10.6 Å². The zero-order chi connectivity index (χ0) is 14.9. The van der Waals surface area contributed by atoms with E-state index in [4.69, 9.17) is 0 Å². The molecule has 1 saturated heterocycles. The number of hydrogen-bond acceptors (Lipinski definition) is 3. The van der Waals surface area contributed by atoms with E-state index in [0.717, 1.165) is 0 Å². The Kier molecular flexibility index (Phi) is 3.19. The van der Waals surface area contributed by atoms with E-state index in [-0.39, 0.29) is 6.61 Å². The summed E-state index contributed by atoms with van der Waals surface area (Å²) in [5.41, 5.74) is 0.701. The minimum absolute atomic E-state index is 0.131. The highest BCUT2D eigenvalue weighted by molar-refractivity contribution is 6.09. The lowest BCUT2D eigenvalue weighted by atomic mass is 9.82. The number of carbonyl (C=O) groups excluding carboxylic acids is 2. The maximum atomic E-state index is 12.5. The van der Waals surface area contributed by atoms with Gasteiger partial charge in [0.15, 0.2) is 5.54 Å². The molecule has 0 aromatic heterocycles. The van der Waals surface area contributed by atoms with Crippen LogP contribution in [-0.4, -0.2) is 17.0 Å². The highest BCUT2D eigenvalue weighted by Gasteiger charge is 2.49. The van der Waals surface area contributed by atoms with E-state index in [0.29, 0.717) is 16.7 Å². The summed E-state index contributed by atoms with van der Waals surface area (Å²) < 4.78 is 0. The van der Waals surface area contributed by atoms with E-state index in [1.165, 1.54) is 0 Å². The molecule has 1 fully saturated rings. The Hall–Kier alpha value is -2.66. The number of nitrogens with one attached hydrogen (secondary N) is 2. The van der Waals surface area contributed by atoms with Gasteiger partial charge in [-0.15, -0.1) is 0 Å². The molecule has 0 spiro atoms. The van der Waals surface area contributed by atoms with Gasteiger partial charge in [0.05, 0.1) is 6.61 Å². The van der Waals surface area contributed by atoms with Crippen molar-refractivity contribution in [3.63, 3.8) is 0 Å². The third-order valence-corrected chi connectivity index (χ3v) is 3.62. The quantitative estimate of drug-likeness (QED) is 0.742. The van der Waals surface area contributed by atoms with Gasteiger partial charge in [-0.25, -0.2) is 4.79 Å². The van der Waals surface area contributed by atoms with Crippen LogP contribution in [0.15, 0.2) is 54.6 Å². The molecule has 5 nitrogen and oxygen atoms in total. The van der Waals surface area contributed by atoms with Crippen molar-refractivity contribution in [2.75, 3.05) is 0 Å². The second-order valence-corrected chi connectivity index (χ2v) is 4.88. The van der Waals surface area contributed by atoms with Gasteiger partial charge in [0.1, 0.15) is 0 Å². The third kappa shape index (κ3) is 2.08.